The van der Waals surface area contributed by atoms with Crippen LogP contribution in [0.3, 0.4) is 0 Å². The van der Waals surface area contributed by atoms with E-state index >= 15 is 0 Å². The van der Waals surface area contributed by atoms with E-state index in [1.807, 2.05) is 0 Å². The number of aryl methyl sites for hydroxylation is 2. The second-order valence-electron chi connectivity index (χ2n) is 4.61. The van der Waals surface area contributed by atoms with Gasteiger partial charge in [0.1, 0.15) is 5.82 Å². The molecule has 0 bridgehead atoms. The first kappa shape index (κ1) is 14.7. The predicted octanol–water partition coefficient (Wildman–Crippen LogP) is 2.73. The van der Waals surface area contributed by atoms with Gasteiger partial charge in [-0.2, -0.15) is 0 Å². The highest BCUT2D eigenvalue weighted by molar-refractivity contribution is 7.99. The van der Waals surface area contributed by atoms with Crippen LogP contribution in [0.2, 0.25) is 0 Å². The summed E-state index contributed by atoms with van der Waals surface area (Å²) in [5, 5.41) is 10.2. The Hall–Kier alpha value is -1.66. The number of rotatable bonds is 3. The van der Waals surface area contributed by atoms with E-state index in [4.69, 9.17) is 0 Å². The molecule has 0 aliphatic carbocycles. The lowest BCUT2D eigenvalue weighted by Gasteiger charge is -2.13. The maximum atomic E-state index is 13.6. The maximum Gasteiger partial charge on any atom is 0.251 e. The topological polar surface area (TPSA) is 66.0 Å². The van der Waals surface area contributed by atoms with Gasteiger partial charge in [0.2, 0.25) is 0 Å². The molecule has 1 heterocycles. The summed E-state index contributed by atoms with van der Waals surface area (Å²) in [4.78, 5) is 18.9. The summed E-state index contributed by atoms with van der Waals surface area (Å²) in [7, 11) is 0. The smallest absolute Gasteiger partial charge is 0.251 e. The van der Waals surface area contributed by atoms with Crippen molar-refractivity contribution in [1.29, 1.82) is 0 Å². The van der Waals surface area contributed by atoms with Gasteiger partial charge in [-0.05, 0) is 44.0 Å². The predicted molar refractivity (Wildman–Crippen MR) is 75.5 cm³/mol. The zero-order valence-electron chi connectivity index (χ0n) is 11.4. The van der Waals surface area contributed by atoms with E-state index in [9.17, 15) is 14.3 Å². The molecule has 106 valence electrons. The van der Waals surface area contributed by atoms with E-state index in [1.165, 1.54) is 23.9 Å². The molecule has 0 unspecified atom stereocenters. The lowest BCUT2D eigenvalue weighted by atomic mass is 10.1. The molecule has 4 nitrogen and oxygen atoms in total. The minimum atomic E-state index is -0.802. The van der Waals surface area contributed by atoms with Crippen LogP contribution in [-0.2, 0) is 0 Å². The first-order valence-electron chi connectivity index (χ1n) is 6.10. The standard InChI is InChI=1S/C14H15FN2O2S/c1-7-4-12(10(9(3)18)6-11(7)15)20-14-16-8(2)5-13(19)17-14/h4-6,9,18H,1-3H3,(H,16,17,19)/t9-/m1/s1. The highest BCUT2D eigenvalue weighted by Crippen LogP contribution is 2.33. The normalized spacial score (nSPS) is 12.4. The first-order valence-corrected chi connectivity index (χ1v) is 6.92. The lowest BCUT2D eigenvalue weighted by Crippen LogP contribution is -2.08. The molecule has 0 saturated carbocycles. The van der Waals surface area contributed by atoms with Gasteiger partial charge in [0.25, 0.3) is 5.56 Å². The van der Waals surface area contributed by atoms with Crippen LogP contribution in [0.4, 0.5) is 4.39 Å². The van der Waals surface area contributed by atoms with Gasteiger partial charge in [0, 0.05) is 16.7 Å². The Morgan fingerprint density at radius 2 is 2.05 bits per heavy atom. The number of halogens is 1. The van der Waals surface area contributed by atoms with Crippen molar-refractivity contribution >= 4 is 11.8 Å². The van der Waals surface area contributed by atoms with Gasteiger partial charge in [-0.15, -0.1) is 0 Å². The Kier molecular flexibility index (Phi) is 4.25. The number of H-pyrrole nitrogens is 1. The Balaban J connectivity index is 2.47. The van der Waals surface area contributed by atoms with Gasteiger partial charge in [-0.25, -0.2) is 9.37 Å². The highest BCUT2D eigenvalue weighted by Gasteiger charge is 2.14. The Bertz CT molecular complexity index is 698. The minimum absolute atomic E-state index is 0.238. The van der Waals surface area contributed by atoms with E-state index in [-0.39, 0.29) is 11.4 Å². The van der Waals surface area contributed by atoms with E-state index < -0.39 is 6.10 Å². The number of hydrogen-bond donors (Lipinski definition) is 2. The molecule has 0 saturated heterocycles. The summed E-state index contributed by atoms with van der Waals surface area (Å²) in [6, 6.07) is 4.36. The summed E-state index contributed by atoms with van der Waals surface area (Å²) >= 11 is 1.20. The number of aliphatic hydroxyl groups excluding tert-OH is 1. The van der Waals surface area contributed by atoms with Crippen molar-refractivity contribution < 1.29 is 9.50 Å². The molecule has 1 aromatic heterocycles. The first-order chi connectivity index (χ1) is 9.36. The zero-order valence-corrected chi connectivity index (χ0v) is 12.2. The molecule has 2 rings (SSSR count). The third-order valence-electron chi connectivity index (χ3n) is 2.80. The van der Waals surface area contributed by atoms with Crippen LogP contribution in [-0.4, -0.2) is 15.1 Å². The van der Waals surface area contributed by atoms with Crippen molar-refractivity contribution in [3.8, 4) is 0 Å². The molecular formula is C14H15FN2O2S. The molecule has 1 atom stereocenters. The number of aromatic nitrogens is 2. The van der Waals surface area contributed by atoms with Gasteiger partial charge in [0.05, 0.1) is 6.10 Å². The fourth-order valence-corrected chi connectivity index (χ4v) is 2.92. The summed E-state index contributed by atoms with van der Waals surface area (Å²) in [6.07, 6.45) is -0.802. The van der Waals surface area contributed by atoms with Crippen molar-refractivity contribution in [3.63, 3.8) is 0 Å². The average molecular weight is 294 g/mol. The van der Waals surface area contributed by atoms with Crippen molar-refractivity contribution in [2.24, 2.45) is 0 Å². The molecular weight excluding hydrogens is 279 g/mol. The maximum absolute atomic E-state index is 13.6. The minimum Gasteiger partial charge on any atom is -0.389 e. The summed E-state index contributed by atoms with van der Waals surface area (Å²) in [5.41, 5.74) is 1.32. The second kappa shape index (κ2) is 5.76. The van der Waals surface area contributed by atoms with Crippen LogP contribution < -0.4 is 5.56 Å². The van der Waals surface area contributed by atoms with Crippen LogP contribution in [0.15, 0.2) is 33.0 Å². The third-order valence-corrected chi connectivity index (χ3v) is 3.76. The molecule has 20 heavy (non-hydrogen) atoms. The fourth-order valence-electron chi connectivity index (χ4n) is 1.79. The zero-order chi connectivity index (χ0) is 14.9. The Morgan fingerprint density at radius 3 is 2.65 bits per heavy atom. The van der Waals surface area contributed by atoms with Crippen molar-refractivity contribution in [2.75, 3.05) is 0 Å². The Morgan fingerprint density at radius 1 is 1.35 bits per heavy atom. The number of aliphatic hydroxyl groups is 1. The third kappa shape index (κ3) is 3.26. The van der Waals surface area contributed by atoms with E-state index in [2.05, 4.69) is 9.97 Å². The molecule has 0 spiro atoms. The van der Waals surface area contributed by atoms with Crippen molar-refractivity contribution in [3.05, 3.63) is 51.2 Å². The van der Waals surface area contributed by atoms with Crippen molar-refractivity contribution in [1.82, 2.24) is 9.97 Å². The second-order valence-corrected chi connectivity index (χ2v) is 5.64. The fraction of sp³-hybridized carbons (Fsp3) is 0.286. The number of benzene rings is 1. The molecule has 0 aliphatic rings. The average Bonchev–Trinajstić information content (AvgIpc) is 2.31. The van der Waals surface area contributed by atoms with Gasteiger partial charge >= 0.3 is 0 Å². The lowest BCUT2D eigenvalue weighted by molar-refractivity contribution is 0.196. The van der Waals surface area contributed by atoms with E-state index in [0.29, 0.717) is 26.9 Å². The summed E-state index contributed by atoms with van der Waals surface area (Å²) < 4.78 is 13.6. The molecule has 1 aromatic carbocycles. The SMILES string of the molecule is Cc1cc(=O)[nH]c(Sc2cc(C)c(F)cc2[C@@H](C)O)n1. The molecule has 0 fully saturated rings. The van der Waals surface area contributed by atoms with E-state index in [0.717, 1.165) is 0 Å². The van der Waals surface area contributed by atoms with Gasteiger partial charge in [0.15, 0.2) is 5.16 Å². The number of hydrogen-bond acceptors (Lipinski definition) is 4. The Labute approximate surface area is 120 Å². The number of nitrogens with zero attached hydrogens (tertiary/aromatic N) is 1. The summed E-state index contributed by atoms with van der Waals surface area (Å²) in [6.45, 7) is 4.95. The summed E-state index contributed by atoms with van der Waals surface area (Å²) in [5.74, 6) is -0.365. The largest absolute Gasteiger partial charge is 0.389 e. The van der Waals surface area contributed by atoms with Crippen molar-refractivity contribution in [2.45, 2.75) is 36.9 Å². The van der Waals surface area contributed by atoms with Crippen LogP contribution in [0, 0.1) is 19.7 Å². The highest BCUT2D eigenvalue weighted by atomic mass is 32.2. The number of nitrogens with one attached hydrogen (secondary N) is 1. The van der Waals surface area contributed by atoms with Crippen LogP contribution in [0.25, 0.3) is 0 Å². The van der Waals surface area contributed by atoms with Gasteiger partial charge in [-0.1, -0.05) is 11.8 Å². The molecule has 0 amide bonds. The molecule has 6 heteroatoms. The van der Waals surface area contributed by atoms with Crippen LogP contribution >= 0.6 is 11.8 Å². The van der Waals surface area contributed by atoms with Gasteiger partial charge < -0.3 is 10.1 Å². The number of aromatic amines is 1. The van der Waals surface area contributed by atoms with Gasteiger partial charge in [-0.3, -0.25) is 4.79 Å². The molecule has 0 aliphatic heterocycles. The van der Waals surface area contributed by atoms with E-state index in [1.54, 1.807) is 26.8 Å². The molecule has 2 N–H and O–H groups in total. The molecule has 0 radical (unpaired) electrons. The van der Waals surface area contributed by atoms with Crippen LogP contribution in [0.1, 0.15) is 29.8 Å². The van der Waals surface area contributed by atoms with Crippen LogP contribution in [0.5, 0.6) is 0 Å². The molecule has 2 aromatic rings. The monoisotopic (exact) mass is 294 g/mol. The quantitative estimate of drug-likeness (QED) is 0.854.